The molecule has 3 N–H and O–H groups in total. The summed E-state index contributed by atoms with van der Waals surface area (Å²) in [5.41, 5.74) is 10.5. The highest BCUT2D eigenvalue weighted by Crippen LogP contribution is 2.41. The van der Waals surface area contributed by atoms with Gasteiger partial charge in [0.25, 0.3) is 0 Å². The van der Waals surface area contributed by atoms with Crippen LogP contribution in [0.1, 0.15) is 62.0 Å². The van der Waals surface area contributed by atoms with Crippen LogP contribution in [0, 0.1) is 11.8 Å². The average Bonchev–Trinajstić information content (AvgIpc) is 3.48. The number of hydrogen-bond acceptors (Lipinski definition) is 5. The number of rotatable bonds is 6. The molecule has 1 aliphatic carbocycles. The number of nitrogens with zero attached hydrogens (tertiary/aromatic N) is 2. The summed E-state index contributed by atoms with van der Waals surface area (Å²) in [6, 6.07) is 7.12. The zero-order valence-electron chi connectivity index (χ0n) is 19.2. The van der Waals surface area contributed by atoms with Crippen LogP contribution >= 0.6 is 11.3 Å². The van der Waals surface area contributed by atoms with E-state index in [0.29, 0.717) is 12.5 Å². The molecule has 32 heavy (non-hydrogen) atoms. The van der Waals surface area contributed by atoms with Crippen LogP contribution in [0.3, 0.4) is 0 Å². The molecule has 4 rings (SSSR count). The highest BCUT2D eigenvalue weighted by atomic mass is 32.1. The van der Waals surface area contributed by atoms with Crippen molar-refractivity contribution in [2.24, 2.45) is 17.6 Å². The number of aromatic nitrogens is 1. The summed E-state index contributed by atoms with van der Waals surface area (Å²) in [5.74, 6) is -0.0803. The van der Waals surface area contributed by atoms with E-state index in [-0.39, 0.29) is 23.8 Å². The van der Waals surface area contributed by atoms with Gasteiger partial charge in [0.1, 0.15) is 11.0 Å². The van der Waals surface area contributed by atoms with Crippen LogP contribution in [-0.2, 0) is 16.0 Å². The molecule has 1 aromatic heterocycles. The topological polar surface area (TPSA) is 88.3 Å². The summed E-state index contributed by atoms with van der Waals surface area (Å²) < 4.78 is 0. The highest BCUT2D eigenvalue weighted by molar-refractivity contribution is 7.09. The smallest absolute Gasteiger partial charge is 0.246 e. The van der Waals surface area contributed by atoms with E-state index in [1.807, 2.05) is 18.7 Å². The second-order valence-corrected chi connectivity index (χ2v) is 10.2. The number of amides is 2. The van der Waals surface area contributed by atoms with E-state index in [1.165, 1.54) is 16.7 Å². The Bertz CT molecular complexity index is 1040. The number of allylic oxidation sites excluding steroid dienone is 1. The third-order valence-electron chi connectivity index (χ3n) is 6.51. The van der Waals surface area contributed by atoms with Crippen molar-refractivity contribution in [2.75, 3.05) is 6.54 Å². The Balaban J connectivity index is 1.58. The number of nitrogens with two attached hydrogens (primary N) is 1. The quantitative estimate of drug-likeness (QED) is 0.702. The van der Waals surface area contributed by atoms with Gasteiger partial charge in [-0.15, -0.1) is 11.3 Å². The summed E-state index contributed by atoms with van der Waals surface area (Å²) in [7, 11) is 0. The van der Waals surface area contributed by atoms with Gasteiger partial charge in [-0.3, -0.25) is 9.59 Å². The van der Waals surface area contributed by atoms with E-state index in [2.05, 4.69) is 48.0 Å². The van der Waals surface area contributed by atoms with Crippen LogP contribution in [0.4, 0.5) is 0 Å². The lowest BCUT2D eigenvalue weighted by Crippen LogP contribution is -2.54. The second-order valence-electron chi connectivity index (χ2n) is 9.31. The Morgan fingerprint density at radius 3 is 2.72 bits per heavy atom. The lowest BCUT2D eigenvalue weighted by molar-refractivity contribution is -0.139. The highest BCUT2D eigenvalue weighted by Gasteiger charge is 2.41. The van der Waals surface area contributed by atoms with E-state index < -0.39 is 12.1 Å². The number of benzene rings is 1. The first-order valence-corrected chi connectivity index (χ1v) is 12.3. The number of nitrogens with one attached hydrogen (secondary N) is 1. The van der Waals surface area contributed by atoms with Crippen LogP contribution in [0.25, 0.3) is 5.57 Å². The Hall–Kier alpha value is -2.51. The molecule has 1 saturated heterocycles. The van der Waals surface area contributed by atoms with Crippen molar-refractivity contribution in [2.45, 2.75) is 58.7 Å². The van der Waals surface area contributed by atoms with Gasteiger partial charge in [-0.2, -0.15) is 0 Å². The summed E-state index contributed by atoms with van der Waals surface area (Å²) in [5, 5.41) is 5.93. The summed E-state index contributed by atoms with van der Waals surface area (Å²) in [6.45, 7) is 8.37. The minimum atomic E-state index is -0.651. The lowest BCUT2D eigenvalue weighted by Gasteiger charge is -2.31. The van der Waals surface area contributed by atoms with E-state index in [4.69, 9.17) is 10.7 Å². The fraction of sp³-hybridized carbons (Fsp3) is 0.480. The van der Waals surface area contributed by atoms with Gasteiger partial charge in [-0.25, -0.2) is 4.98 Å². The zero-order chi connectivity index (χ0) is 23.0. The Morgan fingerprint density at radius 1 is 1.25 bits per heavy atom. The Morgan fingerprint density at radius 2 is 2.00 bits per heavy atom. The third-order valence-corrected chi connectivity index (χ3v) is 7.43. The number of carbonyl (C=O) groups excluding carboxylic acids is 2. The first-order chi connectivity index (χ1) is 15.3. The van der Waals surface area contributed by atoms with Gasteiger partial charge in [-0.1, -0.05) is 51.1 Å². The molecule has 1 fully saturated rings. The van der Waals surface area contributed by atoms with Crippen LogP contribution in [0.2, 0.25) is 0 Å². The number of likely N-dealkylation sites (tertiary alicyclic amines) is 1. The minimum absolute atomic E-state index is 0.0336. The van der Waals surface area contributed by atoms with E-state index in [0.717, 1.165) is 23.5 Å². The molecular weight excluding hydrogens is 420 g/mol. The van der Waals surface area contributed by atoms with Gasteiger partial charge >= 0.3 is 0 Å². The molecule has 0 bridgehead atoms. The largest absolute Gasteiger partial charge is 0.343 e. The molecule has 6 nitrogen and oxygen atoms in total. The van der Waals surface area contributed by atoms with Crippen molar-refractivity contribution in [3.8, 4) is 0 Å². The normalized spacial score (nSPS) is 21.9. The molecule has 1 aromatic carbocycles. The molecule has 2 aliphatic rings. The van der Waals surface area contributed by atoms with Gasteiger partial charge in [0, 0.05) is 17.5 Å². The SMILES string of the molecule is CC(C)[C@H](NC(=O)[C@H](C)N)C(=O)N1CC[C@H](C)[C@H]1c1nc(C2=CCc3ccccc32)cs1. The molecule has 0 radical (unpaired) electrons. The van der Waals surface area contributed by atoms with Crippen molar-refractivity contribution in [1.82, 2.24) is 15.2 Å². The standard InChI is InChI=1S/C25H32N4O2S/c1-14(2)21(28-23(30)16(4)26)25(31)29-12-11-15(3)22(29)24-27-20(13-32-24)19-10-9-17-7-5-6-8-18(17)19/h5-8,10,13-16,21-22H,9,11-12,26H2,1-4H3,(H,28,30)/t15-,16-,21-,22-/m0/s1. The monoisotopic (exact) mass is 452 g/mol. The van der Waals surface area contributed by atoms with Gasteiger partial charge in [0.15, 0.2) is 0 Å². The molecule has 7 heteroatoms. The molecule has 1 aliphatic heterocycles. The number of fused-ring (bicyclic) bond motifs is 1. The maximum Gasteiger partial charge on any atom is 0.246 e. The maximum atomic E-state index is 13.5. The van der Waals surface area contributed by atoms with Crippen LogP contribution in [-0.4, -0.2) is 40.3 Å². The molecule has 2 aromatic rings. The van der Waals surface area contributed by atoms with Crippen molar-refractivity contribution < 1.29 is 9.59 Å². The zero-order valence-corrected chi connectivity index (χ0v) is 20.0. The van der Waals surface area contributed by atoms with Crippen molar-refractivity contribution in [3.63, 3.8) is 0 Å². The van der Waals surface area contributed by atoms with E-state index in [1.54, 1.807) is 18.3 Å². The third kappa shape index (κ3) is 4.24. The first kappa shape index (κ1) is 22.7. The number of hydrogen-bond donors (Lipinski definition) is 2. The predicted octanol–water partition coefficient (Wildman–Crippen LogP) is 3.53. The summed E-state index contributed by atoms with van der Waals surface area (Å²) in [4.78, 5) is 32.7. The Kier molecular flexibility index (Phi) is 6.49. The molecule has 4 atom stereocenters. The number of carbonyl (C=O) groups is 2. The first-order valence-electron chi connectivity index (χ1n) is 11.4. The average molecular weight is 453 g/mol. The van der Waals surface area contributed by atoms with Crippen LogP contribution in [0.5, 0.6) is 0 Å². The lowest BCUT2D eigenvalue weighted by atomic mass is 10.00. The van der Waals surface area contributed by atoms with Crippen molar-refractivity contribution >= 4 is 28.7 Å². The molecule has 0 saturated carbocycles. The van der Waals surface area contributed by atoms with Crippen LogP contribution < -0.4 is 11.1 Å². The van der Waals surface area contributed by atoms with Gasteiger partial charge in [0.05, 0.1) is 17.8 Å². The molecule has 0 spiro atoms. The van der Waals surface area contributed by atoms with E-state index >= 15 is 0 Å². The molecule has 170 valence electrons. The fourth-order valence-corrected chi connectivity index (χ4v) is 5.68. The summed E-state index contributed by atoms with van der Waals surface area (Å²) >= 11 is 1.62. The van der Waals surface area contributed by atoms with E-state index in [9.17, 15) is 9.59 Å². The molecule has 2 heterocycles. The van der Waals surface area contributed by atoms with Gasteiger partial charge < -0.3 is 16.0 Å². The van der Waals surface area contributed by atoms with Crippen LogP contribution in [0.15, 0.2) is 35.7 Å². The van der Waals surface area contributed by atoms with Gasteiger partial charge in [0.2, 0.25) is 11.8 Å². The summed E-state index contributed by atoms with van der Waals surface area (Å²) in [6.07, 6.45) is 4.09. The predicted molar refractivity (Wildman–Crippen MR) is 128 cm³/mol. The Labute approximate surface area is 193 Å². The molecule has 0 unspecified atom stereocenters. The molecular formula is C25H32N4O2S. The van der Waals surface area contributed by atoms with Crippen molar-refractivity contribution in [3.05, 3.63) is 57.6 Å². The fourth-order valence-electron chi connectivity index (χ4n) is 4.62. The number of thiazole rings is 1. The maximum absolute atomic E-state index is 13.5. The molecule has 2 amide bonds. The second kappa shape index (κ2) is 9.16. The van der Waals surface area contributed by atoms with Gasteiger partial charge in [-0.05, 0) is 42.7 Å². The van der Waals surface area contributed by atoms with Crippen molar-refractivity contribution in [1.29, 1.82) is 0 Å². The minimum Gasteiger partial charge on any atom is -0.343 e.